The number of Topliss-reactive ketones (excluding diaryl/α,β-unsaturated/α-hetero) is 1. The number of ether oxygens (including phenoxy) is 1. The molecule has 2 aliphatic heterocycles. The predicted molar refractivity (Wildman–Crippen MR) is 162 cm³/mol. The molecule has 4 heterocycles. The van der Waals surface area contributed by atoms with Crippen molar-refractivity contribution in [2.45, 2.75) is 65.8 Å². The number of nitrogens with zero attached hydrogens (tertiary/aromatic N) is 5. The van der Waals surface area contributed by atoms with E-state index in [2.05, 4.69) is 19.9 Å². The first-order valence-electron chi connectivity index (χ1n) is 14.2. The molecule has 44 heavy (non-hydrogen) atoms. The zero-order chi connectivity index (χ0) is 30.9. The van der Waals surface area contributed by atoms with Gasteiger partial charge in [0.25, 0.3) is 0 Å². The van der Waals surface area contributed by atoms with E-state index in [1.165, 1.54) is 36.7 Å². The van der Waals surface area contributed by atoms with Gasteiger partial charge in [0.1, 0.15) is 16.5 Å². The number of piperidine rings is 1. The van der Waals surface area contributed by atoms with Crippen molar-refractivity contribution in [1.29, 1.82) is 0 Å². The maximum atomic E-state index is 13.7. The number of anilines is 1. The fraction of sp³-hybridized carbons (Fsp3) is 0.516. The van der Waals surface area contributed by atoms with Gasteiger partial charge in [0.15, 0.2) is 5.78 Å². The Morgan fingerprint density at radius 1 is 1.14 bits per heavy atom. The van der Waals surface area contributed by atoms with E-state index in [1.54, 1.807) is 6.07 Å². The number of aromatic nitrogens is 3. The van der Waals surface area contributed by atoms with Crippen LogP contribution in [0.1, 0.15) is 65.6 Å². The Morgan fingerprint density at radius 3 is 2.48 bits per heavy atom. The summed E-state index contributed by atoms with van der Waals surface area (Å²) in [5, 5.41) is 9.70. The average molecular weight is 634 g/mol. The SMILES string of the molecule is C.Cc1ccc(-c2nc(CC(=O)c3cnc(N4CCC(C(=O)O)CC4)cn3)sc2CN2CCOC(C)(C)C2)cc1C(F)(F)F. The number of rotatable bonds is 8. The molecule has 0 radical (unpaired) electrons. The Hall–Kier alpha value is -3.42. The van der Waals surface area contributed by atoms with Gasteiger partial charge in [0.05, 0.1) is 48.2 Å². The molecular weight excluding hydrogens is 595 g/mol. The summed E-state index contributed by atoms with van der Waals surface area (Å²) < 4.78 is 47.0. The number of carboxylic acid groups (broad SMARTS) is 1. The van der Waals surface area contributed by atoms with Gasteiger partial charge in [0.2, 0.25) is 0 Å². The molecule has 0 spiro atoms. The zero-order valence-corrected chi connectivity index (χ0v) is 25.1. The number of halogens is 3. The number of carboxylic acids is 1. The molecule has 2 saturated heterocycles. The summed E-state index contributed by atoms with van der Waals surface area (Å²) in [6.07, 6.45) is -0.623. The van der Waals surface area contributed by atoms with Crippen LogP contribution < -0.4 is 4.90 Å². The van der Waals surface area contributed by atoms with Crippen molar-refractivity contribution in [3.05, 3.63) is 57.3 Å². The van der Waals surface area contributed by atoms with Gasteiger partial charge in [-0.25, -0.2) is 15.0 Å². The maximum absolute atomic E-state index is 13.7. The summed E-state index contributed by atoms with van der Waals surface area (Å²) >= 11 is 1.32. The number of aliphatic carboxylic acids is 1. The second-order valence-electron chi connectivity index (χ2n) is 11.7. The van der Waals surface area contributed by atoms with E-state index < -0.39 is 17.7 Å². The van der Waals surface area contributed by atoms with Crippen molar-refractivity contribution >= 4 is 28.9 Å². The van der Waals surface area contributed by atoms with Crippen LogP contribution in [0.3, 0.4) is 0 Å². The predicted octanol–water partition coefficient (Wildman–Crippen LogP) is 5.90. The number of alkyl halides is 3. The third-order valence-electron chi connectivity index (χ3n) is 7.83. The number of hydrogen-bond acceptors (Lipinski definition) is 9. The molecule has 0 atom stereocenters. The molecule has 0 aliphatic carbocycles. The molecule has 13 heteroatoms. The number of hydrogen-bond donors (Lipinski definition) is 1. The Labute approximate surface area is 259 Å². The van der Waals surface area contributed by atoms with Crippen LogP contribution in [-0.4, -0.2) is 75.1 Å². The lowest BCUT2D eigenvalue weighted by Crippen LogP contribution is -2.47. The number of ketones is 1. The van der Waals surface area contributed by atoms with Crippen LogP contribution in [0, 0.1) is 12.8 Å². The minimum Gasteiger partial charge on any atom is -0.481 e. The van der Waals surface area contributed by atoms with E-state index in [0.29, 0.717) is 74.3 Å². The molecule has 2 fully saturated rings. The molecule has 238 valence electrons. The molecular formula is C31H38F3N5O4S. The summed E-state index contributed by atoms with van der Waals surface area (Å²) in [6, 6.07) is 4.22. The van der Waals surface area contributed by atoms with E-state index in [9.17, 15) is 27.9 Å². The van der Waals surface area contributed by atoms with Gasteiger partial charge in [-0.3, -0.25) is 14.5 Å². The number of benzene rings is 1. The largest absolute Gasteiger partial charge is 0.481 e. The molecule has 5 rings (SSSR count). The van der Waals surface area contributed by atoms with Gasteiger partial charge >= 0.3 is 12.1 Å². The summed E-state index contributed by atoms with van der Waals surface area (Å²) in [5.41, 5.74) is 0.0158. The highest BCUT2D eigenvalue weighted by Crippen LogP contribution is 2.37. The first kappa shape index (κ1) is 33.5. The number of morpholine rings is 1. The van der Waals surface area contributed by atoms with Crippen molar-refractivity contribution < 1.29 is 32.6 Å². The van der Waals surface area contributed by atoms with Crippen molar-refractivity contribution in [2.75, 3.05) is 37.7 Å². The van der Waals surface area contributed by atoms with E-state index >= 15 is 0 Å². The van der Waals surface area contributed by atoms with E-state index in [-0.39, 0.29) is 42.4 Å². The van der Waals surface area contributed by atoms with Crippen molar-refractivity contribution in [3.63, 3.8) is 0 Å². The monoisotopic (exact) mass is 633 g/mol. The highest BCUT2D eigenvalue weighted by Gasteiger charge is 2.34. The standard InChI is InChI=1S/C30H34F3N5O4S.CH4/c1-18-4-5-20(12-21(18)30(31,32)33)27-24(16-37-10-11-42-29(2,3)17-37)43-26(36-27)13-23(39)22-14-35-25(15-34-22)38-8-6-19(7-9-38)28(40)41;/h4-5,12,14-15,19H,6-11,13,16-17H2,1-3H3,(H,40,41);1H4. The van der Waals surface area contributed by atoms with Crippen LogP contribution in [-0.2, 0) is 28.7 Å². The molecule has 0 unspecified atom stereocenters. The van der Waals surface area contributed by atoms with Crippen LogP contribution in [0.15, 0.2) is 30.6 Å². The second kappa shape index (κ2) is 13.3. The highest BCUT2D eigenvalue weighted by molar-refractivity contribution is 7.12. The minimum absolute atomic E-state index is 0. The highest BCUT2D eigenvalue weighted by atomic mass is 32.1. The van der Waals surface area contributed by atoms with Gasteiger partial charge in [-0.05, 0) is 45.2 Å². The number of carbonyl (C=O) groups is 2. The second-order valence-corrected chi connectivity index (χ2v) is 12.9. The van der Waals surface area contributed by atoms with E-state index in [1.807, 2.05) is 18.7 Å². The summed E-state index contributed by atoms with van der Waals surface area (Å²) in [4.78, 5) is 42.7. The molecule has 1 N–H and O–H groups in total. The zero-order valence-electron chi connectivity index (χ0n) is 24.3. The maximum Gasteiger partial charge on any atom is 0.416 e. The average Bonchev–Trinajstić information content (AvgIpc) is 3.33. The molecule has 1 aromatic carbocycles. The topological polar surface area (TPSA) is 109 Å². The Morgan fingerprint density at radius 2 is 1.86 bits per heavy atom. The molecule has 2 aromatic heterocycles. The van der Waals surface area contributed by atoms with Crippen LogP contribution in [0.2, 0.25) is 0 Å². The third kappa shape index (κ3) is 7.80. The molecule has 3 aromatic rings. The van der Waals surface area contributed by atoms with Crippen molar-refractivity contribution in [2.24, 2.45) is 5.92 Å². The molecule has 0 bridgehead atoms. The lowest BCUT2D eigenvalue weighted by Gasteiger charge is -2.38. The molecule has 9 nitrogen and oxygen atoms in total. The summed E-state index contributed by atoms with van der Waals surface area (Å²) in [7, 11) is 0. The fourth-order valence-corrected chi connectivity index (χ4v) is 6.68. The smallest absolute Gasteiger partial charge is 0.416 e. The van der Waals surface area contributed by atoms with Gasteiger partial charge in [-0.2, -0.15) is 13.2 Å². The number of aryl methyl sites for hydroxylation is 1. The van der Waals surface area contributed by atoms with Gasteiger partial charge in [0, 0.05) is 43.2 Å². The quantitative estimate of drug-likeness (QED) is 0.303. The van der Waals surface area contributed by atoms with Crippen LogP contribution in [0.25, 0.3) is 11.3 Å². The first-order chi connectivity index (χ1) is 20.3. The Balaban J connectivity index is 0.00000442. The van der Waals surface area contributed by atoms with Gasteiger partial charge in [-0.15, -0.1) is 11.3 Å². The van der Waals surface area contributed by atoms with Crippen LogP contribution in [0.4, 0.5) is 19.0 Å². The summed E-state index contributed by atoms with van der Waals surface area (Å²) in [6.45, 7) is 8.84. The van der Waals surface area contributed by atoms with Gasteiger partial charge < -0.3 is 14.7 Å². The molecule has 2 aliphatic rings. The van der Waals surface area contributed by atoms with Crippen molar-refractivity contribution in [3.8, 4) is 11.3 Å². The van der Waals surface area contributed by atoms with E-state index in [0.717, 1.165) is 10.9 Å². The Bertz CT molecular complexity index is 1480. The molecule has 0 saturated carbocycles. The lowest BCUT2D eigenvalue weighted by molar-refractivity contribution is -0.142. The summed E-state index contributed by atoms with van der Waals surface area (Å²) in [5.74, 6) is -0.889. The van der Waals surface area contributed by atoms with Crippen molar-refractivity contribution in [1.82, 2.24) is 19.9 Å². The molecule has 0 amide bonds. The fourth-order valence-electron chi connectivity index (χ4n) is 5.55. The van der Waals surface area contributed by atoms with Crippen LogP contribution >= 0.6 is 11.3 Å². The van der Waals surface area contributed by atoms with Gasteiger partial charge in [-0.1, -0.05) is 19.6 Å². The lowest BCUT2D eigenvalue weighted by atomic mass is 9.97. The Kier molecular flexibility index (Phi) is 10.1. The van der Waals surface area contributed by atoms with E-state index in [4.69, 9.17) is 4.74 Å². The van der Waals surface area contributed by atoms with Crippen LogP contribution in [0.5, 0.6) is 0 Å². The minimum atomic E-state index is -4.50. The normalized spacial score (nSPS) is 17.7. The number of carbonyl (C=O) groups excluding carboxylic acids is 1. The third-order valence-corrected chi connectivity index (χ3v) is 8.87. The number of thiazole rings is 1. The first-order valence-corrected chi connectivity index (χ1v) is 15.0.